The first-order chi connectivity index (χ1) is 15.1. The summed E-state index contributed by atoms with van der Waals surface area (Å²) in [5.41, 5.74) is 1.86. The van der Waals surface area contributed by atoms with Crippen molar-refractivity contribution in [2.45, 2.75) is 12.6 Å². The predicted molar refractivity (Wildman–Crippen MR) is 117 cm³/mol. The first-order valence-corrected chi connectivity index (χ1v) is 10.5. The number of likely N-dealkylation sites (N-methyl/N-ethyl adjacent to an activating group) is 1. The van der Waals surface area contributed by atoms with E-state index in [-0.39, 0.29) is 24.4 Å². The van der Waals surface area contributed by atoms with Gasteiger partial charge in [0.1, 0.15) is 19.3 Å². The molecule has 0 spiro atoms. The Morgan fingerprint density at radius 3 is 2.58 bits per heavy atom. The van der Waals surface area contributed by atoms with Crippen LogP contribution in [0.4, 0.5) is 5.69 Å². The first-order valence-electron chi connectivity index (χ1n) is 10.5. The van der Waals surface area contributed by atoms with Crippen LogP contribution in [0.15, 0.2) is 48.5 Å². The number of carbonyl (C=O) groups excluding carboxylic acids is 2. The van der Waals surface area contributed by atoms with E-state index in [0.717, 1.165) is 13.1 Å². The Morgan fingerprint density at radius 2 is 1.81 bits per heavy atom. The van der Waals surface area contributed by atoms with Crippen LogP contribution in [0.25, 0.3) is 0 Å². The van der Waals surface area contributed by atoms with E-state index in [1.807, 2.05) is 23.1 Å². The molecule has 164 valence electrons. The van der Waals surface area contributed by atoms with E-state index < -0.39 is 0 Å². The average Bonchev–Trinajstić information content (AvgIpc) is 2.80. The van der Waals surface area contributed by atoms with Crippen LogP contribution in [0.2, 0.25) is 0 Å². The fourth-order valence-corrected chi connectivity index (χ4v) is 3.97. The van der Waals surface area contributed by atoms with Gasteiger partial charge in [0.2, 0.25) is 11.8 Å². The minimum absolute atomic E-state index is 0.0788. The molecule has 1 unspecified atom stereocenters. The molecule has 2 aromatic rings. The molecule has 0 aromatic heterocycles. The normalized spacial score (nSPS) is 18.9. The SMILES string of the molecule is CNC(=O)C1CN(Cc2ccccc2)CCN1CC(=O)Nc1ccc2c(c1)OCCO2. The Balaban J connectivity index is 1.37. The summed E-state index contributed by atoms with van der Waals surface area (Å²) < 4.78 is 11.1. The third kappa shape index (κ3) is 5.34. The molecule has 2 aliphatic rings. The van der Waals surface area contributed by atoms with Crippen LogP contribution < -0.4 is 20.1 Å². The highest BCUT2D eigenvalue weighted by atomic mass is 16.6. The number of hydrogen-bond acceptors (Lipinski definition) is 6. The second kappa shape index (κ2) is 9.80. The molecule has 0 saturated carbocycles. The van der Waals surface area contributed by atoms with E-state index in [9.17, 15) is 9.59 Å². The van der Waals surface area contributed by atoms with Crippen molar-refractivity contribution >= 4 is 17.5 Å². The molecule has 31 heavy (non-hydrogen) atoms. The number of fused-ring (bicyclic) bond motifs is 1. The minimum Gasteiger partial charge on any atom is -0.486 e. The van der Waals surface area contributed by atoms with Gasteiger partial charge in [-0.2, -0.15) is 0 Å². The third-order valence-corrected chi connectivity index (χ3v) is 5.55. The summed E-state index contributed by atoms with van der Waals surface area (Å²) in [5, 5.41) is 5.64. The van der Waals surface area contributed by atoms with Gasteiger partial charge in [-0.15, -0.1) is 0 Å². The topological polar surface area (TPSA) is 83.1 Å². The molecule has 0 radical (unpaired) electrons. The van der Waals surface area contributed by atoms with Gasteiger partial charge in [0.05, 0.1) is 6.54 Å². The van der Waals surface area contributed by atoms with Crippen molar-refractivity contribution in [2.24, 2.45) is 0 Å². The van der Waals surface area contributed by atoms with Crippen molar-refractivity contribution in [1.29, 1.82) is 0 Å². The fraction of sp³-hybridized carbons (Fsp3) is 0.391. The summed E-state index contributed by atoms with van der Waals surface area (Å²) in [5.74, 6) is 1.06. The van der Waals surface area contributed by atoms with Crippen molar-refractivity contribution in [3.63, 3.8) is 0 Å². The molecular weight excluding hydrogens is 396 g/mol. The monoisotopic (exact) mass is 424 g/mol. The lowest BCUT2D eigenvalue weighted by Crippen LogP contribution is -2.59. The molecule has 8 nitrogen and oxygen atoms in total. The minimum atomic E-state index is -0.381. The Morgan fingerprint density at radius 1 is 1.03 bits per heavy atom. The second-order valence-corrected chi connectivity index (χ2v) is 7.73. The molecule has 1 saturated heterocycles. The van der Waals surface area contributed by atoms with Crippen LogP contribution >= 0.6 is 0 Å². The number of ether oxygens (including phenoxy) is 2. The zero-order valence-corrected chi connectivity index (χ0v) is 17.7. The number of nitrogens with zero attached hydrogens (tertiary/aromatic N) is 2. The maximum Gasteiger partial charge on any atom is 0.238 e. The van der Waals surface area contributed by atoms with Crippen molar-refractivity contribution < 1.29 is 19.1 Å². The van der Waals surface area contributed by atoms with E-state index in [0.29, 0.717) is 43.5 Å². The van der Waals surface area contributed by atoms with Crippen LogP contribution in [-0.4, -0.2) is 74.1 Å². The molecule has 2 aliphatic heterocycles. The molecule has 2 amide bonds. The van der Waals surface area contributed by atoms with E-state index in [1.54, 1.807) is 25.2 Å². The Kier molecular flexibility index (Phi) is 6.69. The van der Waals surface area contributed by atoms with Crippen LogP contribution in [0.3, 0.4) is 0 Å². The first kappa shape index (κ1) is 21.1. The molecule has 1 atom stereocenters. The van der Waals surface area contributed by atoms with Gasteiger partial charge in [0.25, 0.3) is 0 Å². The summed E-state index contributed by atoms with van der Waals surface area (Å²) in [6.07, 6.45) is 0. The van der Waals surface area contributed by atoms with Crippen molar-refractivity contribution in [3.8, 4) is 11.5 Å². The Hall–Kier alpha value is -3.10. The molecule has 0 aliphatic carbocycles. The van der Waals surface area contributed by atoms with Crippen LogP contribution in [-0.2, 0) is 16.1 Å². The van der Waals surface area contributed by atoms with Crippen molar-refractivity contribution in [2.75, 3.05) is 51.8 Å². The van der Waals surface area contributed by atoms with Gasteiger partial charge < -0.3 is 20.1 Å². The zero-order chi connectivity index (χ0) is 21.6. The lowest BCUT2D eigenvalue weighted by atomic mass is 10.1. The molecule has 2 aromatic carbocycles. The number of piperazine rings is 1. The highest BCUT2D eigenvalue weighted by Gasteiger charge is 2.33. The summed E-state index contributed by atoms with van der Waals surface area (Å²) in [6, 6.07) is 15.2. The maximum absolute atomic E-state index is 12.7. The highest BCUT2D eigenvalue weighted by Crippen LogP contribution is 2.32. The molecule has 2 heterocycles. The summed E-state index contributed by atoms with van der Waals surface area (Å²) in [6.45, 7) is 3.95. The second-order valence-electron chi connectivity index (χ2n) is 7.73. The molecule has 8 heteroatoms. The molecule has 4 rings (SSSR count). The number of anilines is 1. The number of rotatable bonds is 6. The van der Waals surface area contributed by atoms with E-state index in [2.05, 4.69) is 27.7 Å². The predicted octanol–water partition coefficient (Wildman–Crippen LogP) is 1.33. The lowest BCUT2D eigenvalue weighted by molar-refractivity contribution is -0.130. The van der Waals surface area contributed by atoms with Crippen LogP contribution in [0.5, 0.6) is 11.5 Å². The standard InChI is InChI=1S/C23H28N4O4/c1-24-23(29)19-15-26(14-17-5-3-2-4-6-17)9-10-27(19)16-22(28)25-18-7-8-20-21(13-18)31-12-11-30-20/h2-8,13,19H,9-12,14-16H2,1H3,(H,24,29)(H,25,28). The average molecular weight is 425 g/mol. The zero-order valence-electron chi connectivity index (χ0n) is 17.7. The van der Waals surface area contributed by atoms with Gasteiger partial charge in [-0.1, -0.05) is 30.3 Å². The number of benzene rings is 2. The van der Waals surface area contributed by atoms with Gasteiger partial charge >= 0.3 is 0 Å². The lowest BCUT2D eigenvalue weighted by Gasteiger charge is -2.40. The molecule has 2 N–H and O–H groups in total. The number of amides is 2. The summed E-state index contributed by atoms with van der Waals surface area (Å²) in [7, 11) is 1.63. The smallest absolute Gasteiger partial charge is 0.238 e. The number of hydrogen-bond donors (Lipinski definition) is 2. The largest absolute Gasteiger partial charge is 0.486 e. The Labute approximate surface area is 182 Å². The Bertz CT molecular complexity index is 921. The summed E-state index contributed by atoms with van der Waals surface area (Å²) in [4.78, 5) is 29.4. The van der Waals surface area contributed by atoms with E-state index in [1.165, 1.54) is 5.56 Å². The van der Waals surface area contributed by atoms with Crippen LogP contribution in [0.1, 0.15) is 5.56 Å². The quantitative estimate of drug-likeness (QED) is 0.728. The third-order valence-electron chi connectivity index (χ3n) is 5.55. The van der Waals surface area contributed by atoms with Crippen molar-refractivity contribution in [3.05, 3.63) is 54.1 Å². The highest BCUT2D eigenvalue weighted by molar-refractivity contribution is 5.93. The van der Waals surface area contributed by atoms with Gasteiger partial charge in [-0.05, 0) is 17.7 Å². The number of carbonyl (C=O) groups is 2. The van der Waals surface area contributed by atoms with Gasteiger partial charge in [0.15, 0.2) is 11.5 Å². The molecule has 0 bridgehead atoms. The van der Waals surface area contributed by atoms with Crippen LogP contribution in [0, 0.1) is 0 Å². The van der Waals surface area contributed by atoms with Crippen molar-refractivity contribution in [1.82, 2.24) is 15.1 Å². The van der Waals surface area contributed by atoms with Gasteiger partial charge in [-0.3, -0.25) is 19.4 Å². The van der Waals surface area contributed by atoms with Gasteiger partial charge in [-0.25, -0.2) is 0 Å². The van der Waals surface area contributed by atoms with E-state index in [4.69, 9.17) is 9.47 Å². The molecular formula is C23H28N4O4. The maximum atomic E-state index is 12.7. The van der Waals surface area contributed by atoms with E-state index >= 15 is 0 Å². The molecule has 1 fully saturated rings. The number of nitrogens with one attached hydrogen (secondary N) is 2. The van der Waals surface area contributed by atoms with Gasteiger partial charge in [0, 0.05) is 45.0 Å². The fourth-order valence-electron chi connectivity index (χ4n) is 3.97. The summed E-state index contributed by atoms with van der Waals surface area (Å²) >= 11 is 0.